The molecule has 4 heteroatoms. The summed E-state index contributed by atoms with van der Waals surface area (Å²) in [5, 5.41) is 2.63. The molecule has 8 aromatic rings. The van der Waals surface area contributed by atoms with Crippen LogP contribution in [0.15, 0.2) is 158 Å². The lowest BCUT2D eigenvalue weighted by atomic mass is 9.49. The zero-order valence-electron chi connectivity index (χ0n) is 24.9. The van der Waals surface area contributed by atoms with Gasteiger partial charge >= 0.3 is 6.92 Å². The van der Waals surface area contributed by atoms with Crippen molar-refractivity contribution in [2.45, 2.75) is 0 Å². The van der Waals surface area contributed by atoms with Crippen molar-refractivity contribution in [2.24, 2.45) is 0 Å². The number of benzene rings is 7. The monoisotopic (exact) mass is 603 g/mol. The highest BCUT2D eigenvalue weighted by atomic mass is 32.1. The van der Waals surface area contributed by atoms with E-state index in [-0.39, 0.29) is 6.92 Å². The smallest absolute Gasteiger partial charge is 0.431 e. The molecule has 0 N–H and O–H groups in total. The van der Waals surface area contributed by atoms with Crippen molar-refractivity contribution in [3.8, 4) is 39.1 Å². The number of hydrogen-bond acceptors (Lipinski definition) is 3. The Hall–Kier alpha value is -5.58. The highest BCUT2D eigenvalue weighted by Gasteiger charge is 2.43. The Morgan fingerprint density at radius 2 is 1.17 bits per heavy atom. The standard InChI is InChI=1S/C42H26BNOS/c1-3-11-27(12-4-1)29-19-22-31(23-20-29)44-35-24-21-30(28-13-5-2-6-14-28)25-34(35)43-42-36(44)26-39-40(33-16-8-10-18-38(33)46-39)41(42)32-15-7-9-17-37(32)45-43/h1-26H. The summed E-state index contributed by atoms with van der Waals surface area (Å²) in [6.45, 7) is -0.235. The molecule has 2 nitrogen and oxygen atoms in total. The average Bonchev–Trinajstić information content (AvgIpc) is 3.51. The highest BCUT2D eigenvalue weighted by molar-refractivity contribution is 7.26. The number of fused-ring (bicyclic) bond motifs is 8. The van der Waals surface area contributed by atoms with Gasteiger partial charge in [0.05, 0.1) is 0 Å². The van der Waals surface area contributed by atoms with Gasteiger partial charge in [0.15, 0.2) is 0 Å². The van der Waals surface area contributed by atoms with E-state index in [1.165, 1.54) is 64.6 Å². The molecule has 0 aliphatic carbocycles. The summed E-state index contributed by atoms with van der Waals surface area (Å²) in [4.78, 5) is 2.45. The van der Waals surface area contributed by atoms with E-state index in [4.69, 9.17) is 4.65 Å². The zero-order valence-corrected chi connectivity index (χ0v) is 25.7. The van der Waals surface area contributed by atoms with Gasteiger partial charge in [-0.25, -0.2) is 0 Å². The number of anilines is 3. The molecule has 0 bridgehead atoms. The maximum atomic E-state index is 7.03. The molecule has 2 aliphatic heterocycles. The minimum Gasteiger partial charge on any atom is -0.551 e. The SMILES string of the molecule is c1ccc(-c2ccc(N3c4ccc(-c5ccccc5)cc4B4Oc5ccccc5-c5c4c3cc3sc4ccccc4c53)cc2)cc1. The largest absolute Gasteiger partial charge is 0.551 e. The highest BCUT2D eigenvalue weighted by Crippen LogP contribution is 2.49. The van der Waals surface area contributed by atoms with E-state index in [2.05, 4.69) is 163 Å². The number of para-hydroxylation sites is 1. The van der Waals surface area contributed by atoms with Gasteiger partial charge in [-0.2, -0.15) is 0 Å². The lowest BCUT2D eigenvalue weighted by molar-refractivity contribution is 0.590. The van der Waals surface area contributed by atoms with Crippen LogP contribution in [0.4, 0.5) is 17.1 Å². The van der Waals surface area contributed by atoms with Crippen molar-refractivity contribution in [3.63, 3.8) is 0 Å². The van der Waals surface area contributed by atoms with Gasteiger partial charge in [-0.3, -0.25) is 0 Å². The lowest BCUT2D eigenvalue weighted by Crippen LogP contribution is -2.56. The molecule has 0 amide bonds. The molecule has 0 saturated carbocycles. The molecule has 0 unspecified atom stereocenters. The van der Waals surface area contributed by atoms with Crippen LogP contribution in [0.3, 0.4) is 0 Å². The van der Waals surface area contributed by atoms with Gasteiger partial charge in [-0.05, 0) is 69.7 Å². The quantitative estimate of drug-likeness (QED) is 0.186. The molecule has 10 rings (SSSR count). The van der Waals surface area contributed by atoms with Crippen molar-refractivity contribution in [1.82, 2.24) is 0 Å². The van der Waals surface area contributed by atoms with Crippen LogP contribution >= 0.6 is 11.3 Å². The molecule has 0 atom stereocenters. The van der Waals surface area contributed by atoms with Crippen LogP contribution in [-0.4, -0.2) is 6.92 Å². The van der Waals surface area contributed by atoms with Crippen LogP contribution < -0.4 is 20.5 Å². The first kappa shape index (κ1) is 25.7. The van der Waals surface area contributed by atoms with Gasteiger partial charge < -0.3 is 9.55 Å². The maximum absolute atomic E-state index is 7.03. The molecular weight excluding hydrogens is 577 g/mol. The summed E-state index contributed by atoms with van der Waals surface area (Å²) in [7, 11) is 0. The Balaban J connectivity index is 1.28. The Kier molecular flexibility index (Phi) is 5.57. The molecule has 0 spiro atoms. The third kappa shape index (κ3) is 3.77. The minimum absolute atomic E-state index is 0.235. The number of rotatable bonds is 3. The third-order valence-corrected chi connectivity index (χ3v) is 10.6. The lowest BCUT2D eigenvalue weighted by Gasteiger charge is -2.40. The summed E-state index contributed by atoms with van der Waals surface area (Å²) in [5.41, 5.74) is 13.1. The van der Waals surface area contributed by atoms with Gasteiger partial charge in [-0.15, -0.1) is 11.3 Å². The zero-order chi connectivity index (χ0) is 30.2. The van der Waals surface area contributed by atoms with E-state index in [1.807, 2.05) is 11.3 Å². The van der Waals surface area contributed by atoms with E-state index in [1.54, 1.807) is 0 Å². The van der Waals surface area contributed by atoms with Gasteiger partial charge in [0, 0.05) is 48.3 Å². The Morgan fingerprint density at radius 3 is 1.98 bits per heavy atom. The maximum Gasteiger partial charge on any atom is 0.431 e. The first-order chi connectivity index (χ1) is 22.8. The van der Waals surface area contributed by atoms with Gasteiger partial charge in [-0.1, -0.05) is 121 Å². The number of thiophene rings is 1. The van der Waals surface area contributed by atoms with Crippen LogP contribution in [0.1, 0.15) is 0 Å². The van der Waals surface area contributed by atoms with Gasteiger partial charge in [0.25, 0.3) is 0 Å². The third-order valence-electron chi connectivity index (χ3n) is 9.48. The molecule has 3 heterocycles. The van der Waals surface area contributed by atoms with E-state index in [0.29, 0.717) is 0 Å². The Labute approximate surface area is 271 Å². The Bertz CT molecular complexity index is 2450. The molecule has 1 aromatic heterocycles. The van der Waals surface area contributed by atoms with Gasteiger partial charge in [0.2, 0.25) is 0 Å². The molecule has 214 valence electrons. The normalized spacial score (nSPS) is 12.9. The van der Waals surface area contributed by atoms with E-state index >= 15 is 0 Å². The summed E-state index contributed by atoms with van der Waals surface area (Å²) < 4.78 is 9.63. The van der Waals surface area contributed by atoms with E-state index in [9.17, 15) is 0 Å². The minimum atomic E-state index is -0.235. The topological polar surface area (TPSA) is 12.5 Å². The second kappa shape index (κ2) is 9.97. The summed E-state index contributed by atoms with van der Waals surface area (Å²) in [6, 6.07) is 56.9. The molecule has 0 fully saturated rings. The predicted octanol–water partition coefficient (Wildman–Crippen LogP) is 10.3. The fourth-order valence-corrected chi connectivity index (χ4v) is 8.57. The van der Waals surface area contributed by atoms with Crippen molar-refractivity contribution in [2.75, 3.05) is 4.90 Å². The second-order valence-electron chi connectivity index (χ2n) is 12.0. The fourth-order valence-electron chi connectivity index (χ4n) is 7.42. The van der Waals surface area contributed by atoms with Crippen molar-refractivity contribution in [1.29, 1.82) is 0 Å². The van der Waals surface area contributed by atoms with Crippen molar-refractivity contribution in [3.05, 3.63) is 158 Å². The number of hydrogen-bond donors (Lipinski definition) is 0. The molecule has 0 radical (unpaired) electrons. The summed E-state index contributed by atoms with van der Waals surface area (Å²) >= 11 is 1.87. The van der Waals surface area contributed by atoms with E-state index in [0.717, 1.165) is 22.7 Å². The fraction of sp³-hybridized carbons (Fsp3) is 0. The van der Waals surface area contributed by atoms with Gasteiger partial charge in [0.1, 0.15) is 5.75 Å². The van der Waals surface area contributed by atoms with E-state index < -0.39 is 0 Å². The molecule has 46 heavy (non-hydrogen) atoms. The molecular formula is C42H26BNOS. The second-order valence-corrected chi connectivity index (χ2v) is 13.1. The van der Waals surface area contributed by atoms with Crippen molar-refractivity contribution >= 4 is 66.4 Å². The summed E-state index contributed by atoms with van der Waals surface area (Å²) in [6.07, 6.45) is 0. The Morgan fingerprint density at radius 1 is 0.522 bits per heavy atom. The molecule has 7 aromatic carbocycles. The van der Waals surface area contributed by atoms with Crippen molar-refractivity contribution < 1.29 is 4.65 Å². The van der Waals surface area contributed by atoms with Crippen LogP contribution in [0.25, 0.3) is 53.6 Å². The summed E-state index contributed by atoms with van der Waals surface area (Å²) in [5.74, 6) is 0.936. The first-order valence-electron chi connectivity index (χ1n) is 15.7. The van der Waals surface area contributed by atoms with Crippen LogP contribution in [0.2, 0.25) is 0 Å². The molecule has 0 saturated heterocycles. The first-order valence-corrected chi connectivity index (χ1v) is 16.5. The van der Waals surface area contributed by atoms with Crippen LogP contribution in [0.5, 0.6) is 5.75 Å². The number of nitrogens with zero attached hydrogens (tertiary/aromatic N) is 1. The average molecular weight is 604 g/mol. The predicted molar refractivity (Wildman–Crippen MR) is 196 cm³/mol. The molecule has 2 aliphatic rings. The van der Waals surface area contributed by atoms with Crippen LogP contribution in [0, 0.1) is 0 Å². The van der Waals surface area contributed by atoms with Crippen LogP contribution in [-0.2, 0) is 0 Å².